The van der Waals surface area contributed by atoms with Crippen LogP contribution in [0.4, 0.5) is 0 Å². The van der Waals surface area contributed by atoms with Gasteiger partial charge in [-0.15, -0.1) is 11.3 Å². The van der Waals surface area contributed by atoms with E-state index in [2.05, 4.69) is 17.4 Å². The predicted molar refractivity (Wildman–Crippen MR) is 93.0 cm³/mol. The Morgan fingerprint density at radius 2 is 2.00 bits per heavy atom. The van der Waals surface area contributed by atoms with Gasteiger partial charge in [0.25, 0.3) is 10.0 Å². The number of nitrogens with zero attached hydrogens (tertiary/aromatic N) is 3. The van der Waals surface area contributed by atoms with Crippen molar-refractivity contribution in [2.45, 2.75) is 17.1 Å². The number of thiophene rings is 1. The van der Waals surface area contributed by atoms with Crippen LogP contribution in [0.2, 0.25) is 0 Å². The van der Waals surface area contributed by atoms with Crippen LogP contribution in [0.3, 0.4) is 0 Å². The van der Waals surface area contributed by atoms with E-state index in [1.165, 1.54) is 15.6 Å². The summed E-state index contributed by atoms with van der Waals surface area (Å²) in [4.78, 5) is 14.7. The van der Waals surface area contributed by atoms with E-state index in [4.69, 9.17) is 0 Å². The highest BCUT2D eigenvalue weighted by atomic mass is 32.2. The first-order valence-electron chi connectivity index (χ1n) is 8.24. The summed E-state index contributed by atoms with van der Waals surface area (Å²) >= 11 is 1.22. The molecule has 1 amide bonds. The molecule has 0 unspecified atom stereocenters. The third-order valence-corrected chi connectivity index (χ3v) is 7.85. The summed E-state index contributed by atoms with van der Waals surface area (Å²) in [6.07, 6.45) is 1.45. The van der Waals surface area contributed by atoms with Crippen LogP contribution in [0, 0.1) is 5.92 Å². The second-order valence-corrected chi connectivity index (χ2v) is 9.51. The summed E-state index contributed by atoms with van der Waals surface area (Å²) in [7, 11) is -1.41. The number of sulfonamides is 1. The van der Waals surface area contributed by atoms with Crippen LogP contribution in [0.15, 0.2) is 21.7 Å². The molecule has 1 atom stereocenters. The van der Waals surface area contributed by atoms with Gasteiger partial charge in [0, 0.05) is 39.3 Å². The highest BCUT2D eigenvalue weighted by Gasteiger charge is 2.34. The lowest BCUT2D eigenvalue weighted by Crippen LogP contribution is -2.55. The molecule has 0 spiro atoms. The molecule has 1 N–H and O–H groups in total. The number of hydrogen-bond donors (Lipinski definition) is 1. The SMILES string of the molecule is CN1CCN(NC(=O)[C@H]2CCCN(S(=O)(=O)c3cccs3)C2)CC1. The Labute approximate surface area is 147 Å². The number of piperazine rings is 1. The number of nitrogens with one attached hydrogen (secondary N) is 1. The van der Waals surface area contributed by atoms with Gasteiger partial charge in [-0.3, -0.25) is 10.2 Å². The normalized spacial score (nSPS) is 24.8. The zero-order valence-corrected chi connectivity index (χ0v) is 15.5. The van der Waals surface area contributed by atoms with Crippen molar-refractivity contribution >= 4 is 27.3 Å². The van der Waals surface area contributed by atoms with E-state index in [-0.39, 0.29) is 18.4 Å². The second kappa shape index (κ2) is 7.49. The fourth-order valence-corrected chi connectivity index (χ4v) is 5.75. The van der Waals surface area contributed by atoms with Crippen LogP contribution in [0.25, 0.3) is 0 Å². The standard InChI is InChI=1S/C15H24N4O3S2/c1-17-7-9-18(10-8-17)16-15(20)13-4-2-6-19(12-13)24(21,22)14-5-3-11-23-14/h3,5,11,13H,2,4,6-10,12H2,1H3,(H,16,20)/t13-/m0/s1. The minimum atomic E-state index is -3.47. The van der Waals surface area contributed by atoms with Crippen molar-refractivity contribution in [3.63, 3.8) is 0 Å². The van der Waals surface area contributed by atoms with Crippen LogP contribution >= 0.6 is 11.3 Å². The molecule has 2 saturated heterocycles. The number of carbonyl (C=O) groups is 1. The van der Waals surface area contributed by atoms with Crippen molar-refractivity contribution in [3.05, 3.63) is 17.5 Å². The van der Waals surface area contributed by atoms with Crippen molar-refractivity contribution in [1.82, 2.24) is 19.6 Å². The van der Waals surface area contributed by atoms with Crippen molar-refractivity contribution < 1.29 is 13.2 Å². The first-order valence-corrected chi connectivity index (χ1v) is 10.6. The minimum Gasteiger partial charge on any atom is -0.304 e. The molecular weight excluding hydrogens is 348 g/mol. The Morgan fingerprint density at radius 3 is 2.67 bits per heavy atom. The summed E-state index contributed by atoms with van der Waals surface area (Å²) in [5.74, 6) is -0.348. The van der Waals surface area contributed by atoms with Crippen molar-refractivity contribution in [1.29, 1.82) is 0 Å². The number of hydrazine groups is 1. The first kappa shape index (κ1) is 17.8. The average molecular weight is 373 g/mol. The van der Waals surface area contributed by atoms with Crippen LogP contribution in [0.1, 0.15) is 12.8 Å². The summed E-state index contributed by atoms with van der Waals surface area (Å²) in [5, 5.41) is 3.70. The zero-order valence-electron chi connectivity index (χ0n) is 13.8. The van der Waals surface area contributed by atoms with Gasteiger partial charge in [-0.2, -0.15) is 4.31 Å². The maximum Gasteiger partial charge on any atom is 0.252 e. The molecule has 2 aliphatic rings. The second-order valence-electron chi connectivity index (χ2n) is 6.40. The van der Waals surface area contributed by atoms with Crippen molar-refractivity contribution in [2.24, 2.45) is 5.92 Å². The van der Waals surface area contributed by atoms with Gasteiger partial charge in [-0.1, -0.05) is 6.07 Å². The molecule has 1 aromatic heterocycles. The van der Waals surface area contributed by atoms with E-state index >= 15 is 0 Å². The molecule has 0 radical (unpaired) electrons. The molecule has 2 aliphatic heterocycles. The number of likely N-dealkylation sites (N-methyl/N-ethyl adjacent to an activating group) is 1. The lowest BCUT2D eigenvalue weighted by atomic mass is 9.99. The van der Waals surface area contributed by atoms with Gasteiger partial charge in [0.05, 0.1) is 5.92 Å². The number of hydrogen-bond acceptors (Lipinski definition) is 6. The number of carbonyl (C=O) groups excluding carboxylic acids is 1. The highest BCUT2D eigenvalue weighted by molar-refractivity contribution is 7.91. The van der Waals surface area contributed by atoms with Crippen LogP contribution in [0.5, 0.6) is 0 Å². The number of rotatable bonds is 4. The predicted octanol–water partition coefficient (Wildman–Crippen LogP) is 0.427. The smallest absolute Gasteiger partial charge is 0.252 e. The average Bonchev–Trinajstić information content (AvgIpc) is 3.12. The molecule has 24 heavy (non-hydrogen) atoms. The lowest BCUT2D eigenvalue weighted by molar-refractivity contribution is -0.131. The third kappa shape index (κ3) is 3.97. The summed E-state index contributed by atoms with van der Waals surface area (Å²) in [6, 6.07) is 3.35. The van der Waals surface area contributed by atoms with Crippen LogP contribution < -0.4 is 5.43 Å². The van der Waals surface area contributed by atoms with Gasteiger partial charge in [-0.25, -0.2) is 13.4 Å². The summed E-state index contributed by atoms with van der Waals surface area (Å²) in [5.41, 5.74) is 2.96. The molecule has 7 nitrogen and oxygen atoms in total. The molecule has 0 aliphatic carbocycles. The van der Waals surface area contributed by atoms with Gasteiger partial charge in [0.2, 0.25) is 5.91 Å². The van der Waals surface area contributed by atoms with Gasteiger partial charge in [0.15, 0.2) is 0 Å². The fourth-order valence-electron chi connectivity index (χ4n) is 3.08. The number of amides is 1. The third-order valence-electron chi connectivity index (χ3n) is 4.62. The molecule has 0 aromatic carbocycles. The van der Waals surface area contributed by atoms with E-state index in [0.717, 1.165) is 32.6 Å². The molecule has 0 bridgehead atoms. The Kier molecular flexibility index (Phi) is 5.56. The molecule has 9 heteroatoms. The molecule has 1 aromatic rings. The minimum absolute atomic E-state index is 0.0642. The summed E-state index contributed by atoms with van der Waals surface area (Å²) in [6.45, 7) is 4.18. The Bertz CT molecular complexity index is 654. The van der Waals surface area contributed by atoms with Gasteiger partial charge in [0.1, 0.15) is 4.21 Å². The van der Waals surface area contributed by atoms with E-state index in [1.807, 2.05) is 5.01 Å². The topological polar surface area (TPSA) is 73.0 Å². The van der Waals surface area contributed by atoms with E-state index < -0.39 is 10.0 Å². The van der Waals surface area contributed by atoms with E-state index in [9.17, 15) is 13.2 Å². The summed E-state index contributed by atoms with van der Waals surface area (Å²) < 4.78 is 27.1. The molecule has 0 saturated carbocycles. The molecule has 134 valence electrons. The molecule has 2 fully saturated rings. The molecule has 3 rings (SSSR count). The van der Waals surface area contributed by atoms with Crippen molar-refractivity contribution in [2.75, 3.05) is 46.3 Å². The van der Waals surface area contributed by atoms with Crippen LogP contribution in [-0.2, 0) is 14.8 Å². The monoisotopic (exact) mass is 372 g/mol. The largest absolute Gasteiger partial charge is 0.304 e. The molecular formula is C15H24N4O3S2. The maximum absolute atomic E-state index is 12.6. The zero-order chi connectivity index (χ0) is 17.2. The Hall–Kier alpha value is -1.00. The van der Waals surface area contributed by atoms with Gasteiger partial charge >= 0.3 is 0 Å². The van der Waals surface area contributed by atoms with E-state index in [1.54, 1.807) is 17.5 Å². The quantitative estimate of drug-likeness (QED) is 0.830. The Morgan fingerprint density at radius 1 is 1.25 bits per heavy atom. The van der Waals surface area contributed by atoms with Gasteiger partial charge < -0.3 is 4.90 Å². The number of piperidine rings is 1. The first-order chi connectivity index (χ1) is 11.5. The van der Waals surface area contributed by atoms with Gasteiger partial charge in [-0.05, 0) is 31.3 Å². The van der Waals surface area contributed by atoms with Crippen LogP contribution in [-0.4, -0.2) is 74.9 Å². The Balaban J connectivity index is 1.60. The lowest BCUT2D eigenvalue weighted by Gasteiger charge is -2.35. The van der Waals surface area contributed by atoms with Crippen molar-refractivity contribution in [3.8, 4) is 0 Å². The van der Waals surface area contributed by atoms with E-state index in [0.29, 0.717) is 17.2 Å². The highest BCUT2D eigenvalue weighted by Crippen LogP contribution is 2.26. The molecule has 3 heterocycles. The maximum atomic E-state index is 12.6. The fraction of sp³-hybridized carbons (Fsp3) is 0.667.